The van der Waals surface area contributed by atoms with Crippen molar-refractivity contribution < 1.29 is 23.9 Å². The lowest BCUT2D eigenvalue weighted by Gasteiger charge is -2.27. The predicted octanol–water partition coefficient (Wildman–Crippen LogP) is 3.14. The lowest BCUT2D eigenvalue weighted by Crippen LogP contribution is -2.35. The molecule has 1 spiro atoms. The Balaban J connectivity index is 1.44. The van der Waals surface area contributed by atoms with Gasteiger partial charge >= 0.3 is 12.1 Å². The first-order valence-corrected chi connectivity index (χ1v) is 11.4. The van der Waals surface area contributed by atoms with Crippen LogP contribution in [0.5, 0.6) is 0 Å². The van der Waals surface area contributed by atoms with Crippen molar-refractivity contribution in [2.75, 3.05) is 18.9 Å². The van der Waals surface area contributed by atoms with Crippen molar-refractivity contribution in [3.05, 3.63) is 65.2 Å². The number of alkyl carbamates (subject to hydrolysis) is 1. The fourth-order valence-corrected chi connectivity index (χ4v) is 5.44. The molecule has 9 nitrogen and oxygen atoms in total. The van der Waals surface area contributed by atoms with Gasteiger partial charge in [0, 0.05) is 37.7 Å². The molecule has 5 rings (SSSR count). The molecule has 2 saturated heterocycles. The highest BCUT2D eigenvalue weighted by atomic mass is 16.6. The van der Waals surface area contributed by atoms with E-state index in [-0.39, 0.29) is 36.7 Å². The number of amides is 5. The molecule has 0 aromatic heterocycles. The maximum Gasteiger partial charge on any atom is 0.415 e. The first-order valence-electron chi connectivity index (χ1n) is 11.4. The van der Waals surface area contributed by atoms with Gasteiger partial charge in [0.15, 0.2) is 0 Å². The van der Waals surface area contributed by atoms with Gasteiger partial charge in [0.1, 0.15) is 0 Å². The van der Waals surface area contributed by atoms with E-state index in [4.69, 9.17) is 4.74 Å². The van der Waals surface area contributed by atoms with Gasteiger partial charge in [-0.25, -0.2) is 9.59 Å². The van der Waals surface area contributed by atoms with Gasteiger partial charge in [-0.2, -0.15) is 0 Å². The average molecular weight is 463 g/mol. The summed E-state index contributed by atoms with van der Waals surface area (Å²) in [5.74, 6) is -0.875. The van der Waals surface area contributed by atoms with E-state index >= 15 is 0 Å². The van der Waals surface area contributed by atoms with Crippen molar-refractivity contribution in [1.29, 1.82) is 0 Å². The molecule has 1 aliphatic carbocycles. The Morgan fingerprint density at radius 1 is 1.18 bits per heavy atom. The van der Waals surface area contributed by atoms with Gasteiger partial charge in [-0.1, -0.05) is 36.4 Å². The number of likely N-dealkylation sites (tertiary alicyclic amines) is 1. The number of anilines is 1. The summed E-state index contributed by atoms with van der Waals surface area (Å²) < 4.78 is 5.49. The number of urea groups is 1. The van der Waals surface area contributed by atoms with Crippen LogP contribution in [-0.4, -0.2) is 42.4 Å². The van der Waals surface area contributed by atoms with Crippen molar-refractivity contribution in [3.8, 4) is 0 Å². The molecule has 3 atom stereocenters. The highest BCUT2D eigenvalue weighted by molar-refractivity contribution is 6.04. The second-order valence-corrected chi connectivity index (χ2v) is 8.94. The van der Waals surface area contributed by atoms with Crippen LogP contribution < -0.4 is 16.0 Å². The zero-order valence-corrected chi connectivity index (χ0v) is 18.8. The Hall–Kier alpha value is -3.88. The van der Waals surface area contributed by atoms with E-state index in [0.717, 1.165) is 24.0 Å². The van der Waals surface area contributed by atoms with Crippen LogP contribution in [-0.2, 0) is 19.9 Å². The number of nitrogens with zero attached hydrogens (tertiary/aromatic N) is 1. The number of benzene rings is 2. The van der Waals surface area contributed by atoms with E-state index < -0.39 is 17.6 Å². The zero-order valence-electron chi connectivity index (χ0n) is 18.8. The van der Waals surface area contributed by atoms with E-state index in [2.05, 4.69) is 16.0 Å². The fourth-order valence-electron chi connectivity index (χ4n) is 5.44. The van der Waals surface area contributed by atoms with Gasteiger partial charge in [0.2, 0.25) is 11.5 Å². The summed E-state index contributed by atoms with van der Waals surface area (Å²) in [6.07, 6.45) is 1.39. The SMILES string of the molecule is CNC(=O)Nc1ccc2c(c1)C(CC(=O)N1CCC[C@@H]1c1ccccc1)C[C@@]21OC(=O)NC1=O. The molecule has 34 heavy (non-hydrogen) atoms. The number of fused-ring (bicyclic) bond motifs is 2. The maximum absolute atomic E-state index is 13.5. The molecule has 5 amide bonds. The molecule has 2 fully saturated rings. The Morgan fingerprint density at radius 3 is 2.68 bits per heavy atom. The third-order valence-corrected chi connectivity index (χ3v) is 6.97. The second kappa shape index (κ2) is 8.48. The number of carbonyl (C=O) groups is 4. The minimum atomic E-state index is -1.45. The summed E-state index contributed by atoms with van der Waals surface area (Å²) >= 11 is 0. The number of rotatable bonds is 4. The van der Waals surface area contributed by atoms with Crippen LogP contribution in [0.4, 0.5) is 15.3 Å². The number of hydrogen-bond donors (Lipinski definition) is 3. The summed E-state index contributed by atoms with van der Waals surface area (Å²) in [7, 11) is 1.51. The summed E-state index contributed by atoms with van der Waals surface area (Å²) in [5, 5.41) is 7.45. The van der Waals surface area contributed by atoms with Gasteiger partial charge in [0.05, 0.1) is 6.04 Å². The number of ether oxygens (including phenoxy) is 1. The van der Waals surface area contributed by atoms with Crippen molar-refractivity contribution in [3.63, 3.8) is 0 Å². The fraction of sp³-hybridized carbons (Fsp3) is 0.360. The molecule has 2 aromatic carbocycles. The Bertz CT molecular complexity index is 1170. The lowest BCUT2D eigenvalue weighted by molar-refractivity contribution is -0.135. The highest BCUT2D eigenvalue weighted by Crippen LogP contribution is 2.51. The van der Waals surface area contributed by atoms with E-state index in [9.17, 15) is 19.2 Å². The summed E-state index contributed by atoms with van der Waals surface area (Å²) in [6.45, 7) is 0.677. The average Bonchev–Trinajstić information content (AvgIpc) is 3.51. The number of imide groups is 1. The molecule has 0 bridgehead atoms. The molecule has 176 valence electrons. The van der Waals surface area contributed by atoms with Gasteiger partial charge in [-0.05, 0) is 42.0 Å². The van der Waals surface area contributed by atoms with Crippen LogP contribution in [0.2, 0.25) is 0 Å². The van der Waals surface area contributed by atoms with Crippen LogP contribution in [0.1, 0.15) is 54.3 Å². The van der Waals surface area contributed by atoms with Crippen molar-refractivity contribution >= 4 is 29.6 Å². The first kappa shape index (κ1) is 21.9. The van der Waals surface area contributed by atoms with Crippen LogP contribution in [0, 0.1) is 0 Å². The van der Waals surface area contributed by atoms with Gasteiger partial charge in [-0.3, -0.25) is 14.9 Å². The topological polar surface area (TPSA) is 117 Å². The van der Waals surface area contributed by atoms with Crippen LogP contribution in [0.3, 0.4) is 0 Å². The second-order valence-electron chi connectivity index (χ2n) is 8.94. The van der Waals surface area contributed by atoms with E-state index in [0.29, 0.717) is 17.8 Å². The molecule has 9 heteroatoms. The summed E-state index contributed by atoms with van der Waals surface area (Å²) in [4.78, 5) is 51.9. The standard InChI is InChI=1S/C25H26N4O5/c1-26-23(32)27-17-9-10-19-18(13-17)16(14-25(19)22(31)28-24(33)34-25)12-21(30)29-11-5-8-20(29)15-6-3-2-4-7-15/h2-4,6-7,9-10,13,16,20H,5,8,11-12,14H2,1H3,(H2,26,27,32)(H,28,31,33)/t16?,20-,25-/m1/s1. The number of nitrogens with one attached hydrogen (secondary N) is 3. The molecule has 2 heterocycles. The Labute approximate surface area is 196 Å². The largest absolute Gasteiger partial charge is 0.427 e. The third kappa shape index (κ3) is 3.67. The van der Waals surface area contributed by atoms with Crippen molar-refractivity contribution in [2.24, 2.45) is 0 Å². The Morgan fingerprint density at radius 2 is 1.97 bits per heavy atom. The first-order chi connectivity index (χ1) is 16.4. The molecule has 2 aromatic rings. The quantitative estimate of drug-likeness (QED) is 0.645. The van der Waals surface area contributed by atoms with Gasteiger partial charge < -0.3 is 20.3 Å². The molecule has 3 aliphatic rings. The van der Waals surface area contributed by atoms with Crippen molar-refractivity contribution in [1.82, 2.24) is 15.5 Å². The number of carbonyl (C=O) groups excluding carboxylic acids is 4. The monoisotopic (exact) mass is 462 g/mol. The van der Waals surface area contributed by atoms with Gasteiger partial charge in [0.25, 0.3) is 5.91 Å². The molecule has 0 saturated carbocycles. The minimum absolute atomic E-state index is 0.00579. The molecule has 0 radical (unpaired) electrons. The van der Waals surface area contributed by atoms with Gasteiger partial charge in [-0.15, -0.1) is 0 Å². The molecule has 3 N–H and O–H groups in total. The number of hydrogen-bond acceptors (Lipinski definition) is 5. The Kier molecular flexibility index (Phi) is 5.47. The summed E-state index contributed by atoms with van der Waals surface area (Å²) in [6, 6.07) is 14.7. The van der Waals surface area contributed by atoms with Crippen LogP contribution in [0.15, 0.2) is 48.5 Å². The molecule has 2 aliphatic heterocycles. The van der Waals surface area contributed by atoms with E-state index in [1.54, 1.807) is 18.2 Å². The third-order valence-electron chi connectivity index (χ3n) is 6.97. The van der Waals surface area contributed by atoms with Crippen LogP contribution >= 0.6 is 0 Å². The lowest BCUT2D eigenvalue weighted by atomic mass is 9.94. The van der Waals surface area contributed by atoms with E-state index in [1.807, 2.05) is 35.2 Å². The molecule has 1 unspecified atom stereocenters. The summed E-state index contributed by atoms with van der Waals surface area (Å²) in [5.41, 5.74) is 1.46. The smallest absolute Gasteiger partial charge is 0.415 e. The predicted molar refractivity (Wildman–Crippen MR) is 123 cm³/mol. The van der Waals surface area contributed by atoms with Crippen LogP contribution in [0.25, 0.3) is 0 Å². The normalized spacial score (nSPS) is 25.1. The molecular weight excluding hydrogens is 436 g/mol. The molecular formula is C25H26N4O5. The van der Waals surface area contributed by atoms with Crippen molar-refractivity contribution in [2.45, 2.75) is 43.2 Å². The minimum Gasteiger partial charge on any atom is -0.427 e. The maximum atomic E-state index is 13.5. The van der Waals surface area contributed by atoms with E-state index in [1.165, 1.54) is 7.05 Å². The zero-order chi connectivity index (χ0) is 23.9. The highest BCUT2D eigenvalue weighted by Gasteiger charge is 2.57.